The molecule has 0 unspecified atom stereocenters. The first-order chi connectivity index (χ1) is 6.54. The van der Waals surface area contributed by atoms with E-state index in [4.69, 9.17) is 0 Å². The smallest absolute Gasteiger partial charge is 0.137 e. The van der Waals surface area contributed by atoms with Gasteiger partial charge in [0.1, 0.15) is 5.78 Å². The molecule has 0 amide bonds. The lowest BCUT2D eigenvalue weighted by Crippen LogP contribution is -2.36. The fraction of sp³-hybridized carbons (Fsp3) is 0.769. The van der Waals surface area contributed by atoms with Crippen LogP contribution in [0.3, 0.4) is 0 Å². The predicted octanol–water partition coefficient (Wildman–Crippen LogP) is 3.35. The minimum Gasteiger partial charge on any atom is -0.299 e. The lowest BCUT2D eigenvalue weighted by Gasteiger charge is -2.37. The monoisotopic (exact) mass is 192 g/mol. The van der Waals surface area contributed by atoms with Gasteiger partial charge in [0, 0.05) is 12.3 Å². The molecule has 2 aliphatic rings. The third kappa shape index (κ3) is 1.34. The Hall–Kier alpha value is -0.590. The first-order valence-corrected chi connectivity index (χ1v) is 5.73. The zero-order valence-corrected chi connectivity index (χ0v) is 9.31. The zero-order chi connectivity index (χ0) is 10.3. The Bertz CT molecular complexity index is 279. The maximum atomic E-state index is 12.0. The lowest BCUT2D eigenvalue weighted by molar-refractivity contribution is -0.129. The van der Waals surface area contributed by atoms with E-state index >= 15 is 0 Å². The number of rotatable bonds is 1. The molecule has 0 bridgehead atoms. The number of hydrogen-bond acceptors (Lipinski definition) is 1. The number of carbonyl (C=O) groups excluding carboxylic acids is 1. The molecule has 0 radical (unpaired) electrons. The Kier molecular flexibility index (Phi) is 2.29. The lowest BCUT2D eigenvalue weighted by atomic mass is 9.66. The van der Waals surface area contributed by atoms with Crippen LogP contribution in [0.15, 0.2) is 12.2 Å². The summed E-state index contributed by atoms with van der Waals surface area (Å²) in [7, 11) is 0. The maximum absolute atomic E-state index is 12.0. The van der Waals surface area contributed by atoms with E-state index < -0.39 is 0 Å². The van der Waals surface area contributed by atoms with Crippen LogP contribution in [0.25, 0.3) is 0 Å². The van der Waals surface area contributed by atoms with Crippen LogP contribution < -0.4 is 0 Å². The zero-order valence-electron chi connectivity index (χ0n) is 9.31. The molecule has 14 heavy (non-hydrogen) atoms. The molecule has 0 heterocycles. The van der Waals surface area contributed by atoms with Crippen LogP contribution >= 0.6 is 0 Å². The van der Waals surface area contributed by atoms with Crippen LogP contribution in [-0.2, 0) is 4.79 Å². The number of hydrogen-bond donors (Lipinski definition) is 0. The standard InChI is InChI=1S/C13H20O/c1-9(2)10-6-8-13(3)7-4-5-11(14)12(10)13/h10,12H,1,4-8H2,2-3H3/t10-,12+,13-/m0/s1. The van der Waals surface area contributed by atoms with Crippen LogP contribution in [0, 0.1) is 17.3 Å². The molecule has 0 aliphatic heterocycles. The van der Waals surface area contributed by atoms with Crippen molar-refractivity contribution in [3.05, 3.63) is 12.2 Å². The van der Waals surface area contributed by atoms with E-state index in [1.165, 1.54) is 24.8 Å². The number of ketones is 1. The molecule has 2 fully saturated rings. The van der Waals surface area contributed by atoms with E-state index in [1.807, 2.05) is 0 Å². The second-order valence-corrected chi connectivity index (χ2v) is 5.44. The largest absolute Gasteiger partial charge is 0.299 e. The van der Waals surface area contributed by atoms with E-state index in [0.29, 0.717) is 23.0 Å². The molecule has 78 valence electrons. The Morgan fingerprint density at radius 1 is 1.50 bits per heavy atom. The topological polar surface area (TPSA) is 17.1 Å². The summed E-state index contributed by atoms with van der Waals surface area (Å²) in [5.74, 6) is 1.28. The van der Waals surface area contributed by atoms with Crippen molar-refractivity contribution in [2.24, 2.45) is 17.3 Å². The first-order valence-electron chi connectivity index (χ1n) is 5.73. The second-order valence-electron chi connectivity index (χ2n) is 5.44. The van der Waals surface area contributed by atoms with E-state index in [1.54, 1.807) is 0 Å². The Morgan fingerprint density at radius 2 is 2.21 bits per heavy atom. The highest BCUT2D eigenvalue weighted by atomic mass is 16.1. The Morgan fingerprint density at radius 3 is 2.86 bits per heavy atom. The van der Waals surface area contributed by atoms with Gasteiger partial charge >= 0.3 is 0 Å². The molecule has 0 aromatic carbocycles. The Labute approximate surface area is 86.6 Å². The molecule has 2 aliphatic carbocycles. The van der Waals surface area contributed by atoms with E-state index in [2.05, 4.69) is 20.4 Å². The molecule has 0 spiro atoms. The number of Topliss-reactive ketones (excluding diaryl/α,β-unsaturated/α-hetero) is 1. The summed E-state index contributed by atoms with van der Waals surface area (Å²) in [6.07, 6.45) is 5.56. The minimum atomic E-state index is 0.300. The van der Waals surface area contributed by atoms with Gasteiger partial charge in [-0.05, 0) is 43.9 Å². The van der Waals surface area contributed by atoms with Gasteiger partial charge in [0.2, 0.25) is 0 Å². The van der Waals surface area contributed by atoms with Crippen molar-refractivity contribution >= 4 is 5.78 Å². The summed E-state index contributed by atoms with van der Waals surface area (Å²) < 4.78 is 0. The molecule has 1 heteroatoms. The van der Waals surface area contributed by atoms with Crippen LogP contribution in [-0.4, -0.2) is 5.78 Å². The minimum absolute atomic E-state index is 0.300. The molecule has 2 rings (SSSR count). The summed E-state index contributed by atoms with van der Waals surface area (Å²) >= 11 is 0. The molecule has 0 saturated heterocycles. The third-order valence-electron chi connectivity index (χ3n) is 4.33. The fourth-order valence-electron chi connectivity index (χ4n) is 3.54. The molecular formula is C13H20O. The van der Waals surface area contributed by atoms with Gasteiger partial charge in [0.25, 0.3) is 0 Å². The van der Waals surface area contributed by atoms with E-state index in [-0.39, 0.29) is 0 Å². The van der Waals surface area contributed by atoms with Gasteiger partial charge in [-0.1, -0.05) is 19.1 Å². The van der Waals surface area contributed by atoms with Crippen LogP contribution in [0.4, 0.5) is 0 Å². The Balaban J connectivity index is 2.29. The van der Waals surface area contributed by atoms with Crippen molar-refractivity contribution in [2.75, 3.05) is 0 Å². The van der Waals surface area contributed by atoms with Gasteiger partial charge in [-0.2, -0.15) is 0 Å². The van der Waals surface area contributed by atoms with Crippen molar-refractivity contribution in [3.63, 3.8) is 0 Å². The SMILES string of the molecule is C=C(C)[C@@H]1CC[C@]2(C)CCCC(=O)[C@@H]12. The average molecular weight is 192 g/mol. The van der Waals surface area contributed by atoms with Gasteiger partial charge in [-0.15, -0.1) is 0 Å². The van der Waals surface area contributed by atoms with E-state index in [0.717, 1.165) is 12.8 Å². The van der Waals surface area contributed by atoms with Crippen LogP contribution in [0.1, 0.15) is 46.0 Å². The van der Waals surface area contributed by atoms with Crippen LogP contribution in [0.2, 0.25) is 0 Å². The second kappa shape index (κ2) is 3.22. The average Bonchev–Trinajstić information content (AvgIpc) is 2.43. The van der Waals surface area contributed by atoms with Gasteiger partial charge in [-0.3, -0.25) is 4.79 Å². The summed E-state index contributed by atoms with van der Waals surface area (Å²) in [6.45, 7) is 8.43. The van der Waals surface area contributed by atoms with Crippen LogP contribution in [0.5, 0.6) is 0 Å². The summed E-state index contributed by atoms with van der Waals surface area (Å²) in [5, 5.41) is 0. The van der Waals surface area contributed by atoms with Crippen molar-refractivity contribution in [3.8, 4) is 0 Å². The first kappa shape index (κ1) is 9.95. The quantitative estimate of drug-likeness (QED) is 0.582. The number of fused-ring (bicyclic) bond motifs is 1. The van der Waals surface area contributed by atoms with Crippen molar-refractivity contribution < 1.29 is 4.79 Å². The van der Waals surface area contributed by atoms with Gasteiger partial charge in [0.05, 0.1) is 0 Å². The predicted molar refractivity (Wildman–Crippen MR) is 58.0 cm³/mol. The molecule has 0 N–H and O–H groups in total. The highest BCUT2D eigenvalue weighted by Gasteiger charge is 2.50. The highest BCUT2D eigenvalue weighted by molar-refractivity contribution is 5.83. The molecule has 0 aromatic rings. The third-order valence-corrected chi connectivity index (χ3v) is 4.33. The van der Waals surface area contributed by atoms with Crippen molar-refractivity contribution in [2.45, 2.75) is 46.0 Å². The number of allylic oxidation sites excluding steroid dienone is 1. The van der Waals surface area contributed by atoms with Gasteiger partial charge in [0.15, 0.2) is 0 Å². The molecule has 0 aromatic heterocycles. The fourth-order valence-corrected chi connectivity index (χ4v) is 3.54. The normalized spacial score (nSPS) is 42.3. The summed E-state index contributed by atoms with van der Waals surface area (Å²) in [5.41, 5.74) is 1.52. The van der Waals surface area contributed by atoms with Gasteiger partial charge < -0.3 is 0 Å². The van der Waals surface area contributed by atoms with E-state index in [9.17, 15) is 4.79 Å². The molecule has 3 atom stereocenters. The number of carbonyl (C=O) groups is 1. The maximum Gasteiger partial charge on any atom is 0.137 e. The summed E-state index contributed by atoms with van der Waals surface area (Å²) in [4.78, 5) is 12.0. The van der Waals surface area contributed by atoms with Gasteiger partial charge in [-0.25, -0.2) is 0 Å². The molecular weight excluding hydrogens is 172 g/mol. The van der Waals surface area contributed by atoms with Crippen molar-refractivity contribution in [1.29, 1.82) is 0 Å². The molecule has 1 nitrogen and oxygen atoms in total. The van der Waals surface area contributed by atoms with Crippen molar-refractivity contribution in [1.82, 2.24) is 0 Å². The highest BCUT2D eigenvalue weighted by Crippen LogP contribution is 2.54. The molecule has 2 saturated carbocycles. The summed E-state index contributed by atoms with van der Waals surface area (Å²) in [6, 6.07) is 0.